The van der Waals surface area contributed by atoms with Gasteiger partial charge < -0.3 is 15.1 Å². The van der Waals surface area contributed by atoms with Gasteiger partial charge >= 0.3 is 5.97 Å². The van der Waals surface area contributed by atoms with Gasteiger partial charge in [0.05, 0.1) is 6.08 Å². The largest absolute Gasteiger partial charge is 0.502 e. The van der Waals surface area contributed by atoms with Gasteiger partial charge in [-0.2, -0.15) is 0 Å². The molecule has 1 aromatic rings. The predicted octanol–water partition coefficient (Wildman–Crippen LogP) is 1.17. The molecule has 0 saturated heterocycles. The molecule has 0 fully saturated rings. The van der Waals surface area contributed by atoms with E-state index < -0.39 is 17.6 Å². The minimum atomic E-state index is -1.52. The van der Waals surface area contributed by atoms with Gasteiger partial charge in [0.25, 0.3) is 5.91 Å². The number of likely N-dealkylation sites (N-methyl/N-ethyl adjacent to an activating group) is 1. The number of carbonyl (C=O) groups is 2. The molecule has 0 heterocycles. The van der Waals surface area contributed by atoms with Crippen LogP contribution in [0.5, 0.6) is 0 Å². The Kier molecular flexibility index (Phi) is 4.28. The lowest BCUT2D eigenvalue weighted by Crippen LogP contribution is -2.25. The number of hydrogen-bond acceptors (Lipinski definition) is 3. The number of rotatable bonds is 4. The van der Waals surface area contributed by atoms with E-state index in [-0.39, 0.29) is 0 Å². The molecule has 1 amide bonds. The summed E-state index contributed by atoms with van der Waals surface area (Å²) in [6.45, 7) is 0.350. The van der Waals surface area contributed by atoms with Crippen molar-refractivity contribution in [3.05, 3.63) is 47.7 Å². The number of benzene rings is 1. The summed E-state index contributed by atoms with van der Waals surface area (Å²) in [7, 11) is 1.53. The van der Waals surface area contributed by atoms with E-state index in [9.17, 15) is 9.59 Å². The van der Waals surface area contributed by atoms with E-state index in [1.54, 1.807) is 0 Å². The van der Waals surface area contributed by atoms with Gasteiger partial charge in [0.2, 0.25) is 5.76 Å². The number of carboxylic acid groups (broad SMARTS) is 1. The van der Waals surface area contributed by atoms with Gasteiger partial charge in [-0.25, -0.2) is 4.79 Å². The fourth-order valence-electron chi connectivity index (χ4n) is 1.22. The van der Waals surface area contributed by atoms with Crippen LogP contribution in [0.3, 0.4) is 0 Å². The molecule has 5 heteroatoms. The molecule has 0 aliphatic carbocycles. The number of aliphatic hydroxyl groups excluding tert-OH is 1. The summed E-state index contributed by atoms with van der Waals surface area (Å²) >= 11 is 0. The first-order valence-corrected chi connectivity index (χ1v) is 4.93. The minimum absolute atomic E-state index is 0.350. The maximum absolute atomic E-state index is 11.5. The first kappa shape index (κ1) is 12.8. The van der Waals surface area contributed by atoms with Crippen LogP contribution in [0, 0.1) is 0 Å². The fraction of sp³-hybridized carbons (Fsp3) is 0.167. The Hall–Kier alpha value is -2.30. The van der Waals surface area contributed by atoms with Crippen molar-refractivity contribution < 1.29 is 19.8 Å². The van der Waals surface area contributed by atoms with Gasteiger partial charge in [-0.1, -0.05) is 30.3 Å². The Morgan fingerprint density at radius 1 is 1.24 bits per heavy atom. The van der Waals surface area contributed by atoms with Crippen molar-refractivity contribution in [1.82, 2.24) is 4.90 Å². The summed E-state index contributed by atoms with van der Waals surface area (Å²) in [5, 5.41) is 17.3. The second-order valence-corrected chi connectivity index (χ2v) is 3.51. The zero-order chi connectivity index (χ0) is 12.8. The van der Waals surface area contributed by atoms with Crippen LogP contribution in [0.15, 0.2) is 42.2 Å². The average Bonchev–Trinajstić information content (AvgIpc) is 2.29. The second-order valence-electron chi connectivity index (χ2n) is 3.51. The third-order valence-corrected chi connectivity index (χ3v) is 2.12. The molecule has 0 saturated carbocycles. The molecule has 0 bridgehead atoms. The summed E-state index contributed by atoms with van der Waals surface area (Å²) in [6, 6.07) is 9.26. The number of hydrogen-bond donors (Lipinski definition) is 2. The summed E-state index contributed by atoms with van der Waals surface area (Å²) < 4.78 is 0. The van der Waals surface area contributed by atoms with Crippen LogP contribution in [-0.2, 0) is 16.1 Å². The van der Waals surface area contributed by atoms with Crippen LogP contribution in [-0.4, -0.2) is 34.0 Å². The van der Waals surface area contributed by atoms with Gasteiger partial charge in [-0.05, 0) is 5.56 Å². The van der Waals surface area contributed by atoms with E-state index in [1.165, 1.54) is 11.9 Å². The minimum Gasteiger partial charge on any atom is -0.502 e. The highest BCUT2D eigenvalue weighted by molar-refractivity contribution is 5.95. The normalized spacial score (nSPS) is 11.0. The molecule has 1 rings (SSSR count). The van der Waals surface area contributed by atoms with Gasteiger partial charge in [-0.3, -0.25) is 4.79 Å². The van der Waals surface area contributed by atoms with Gasteiger partial charge in [0.1, 0.15) is 0 Å². The average molecular weight is 235 g/mol. The number of nitrogens with zero attached hydrogens (tertiary/aromatic N) is 1. The van der Waals surface area contributed by atoms with E-state index in [1.807, 2.05) is 30.3 Å². The molecule has 5 nitrogen and oxygen atoms in total. The summed E-state index contributed by atoms with van der Waals surface area (Å²) in [5.41, 5.74) is 0.923. The Balaban J connectivity index is 2.66. The van der Waals surface area contributed by atoms with E-state index in [0.29, 0.717) is 12.6 Å². The van der Waals surface area contributed by atoms with Crippen molar-refractivity contribution in [3.63, 3.8) is 0 Å². The molecule has 90 valence electrons. The molecule has 0 aliphatic rings. The lowest BCUT2D eigenvalue weighted by molar-refractivity contribution is -0.136. The molecule has 1 aromatic carbocycles. The van der Waals surface area contributed by atoms with Crippen LogP contribution in [0.2, 0.25) is 0 Å². The molecule has 17 heavy (non-hydrogen) atoms. The maximum Gasteiger partial charge on any atom is 0.371 e. The highest BCUT2D eigenvalue weighted by atomic mass is 16.4. The van der Waals surface area contributed by atoms with Crippen molar-refractivity contribution in [2.75, 3.05) is 7.05 Å². The number of aliphatic carboxylic acids is 1. The topological polar surface area (TPSA) is 77.8 Å². The lowest BCUT2D eigenvalue weighted by Gasteiger charge is -2.14. The molecule has 0 radical (unpaired) electrons. The van der Waals surface area contributed by atoms with Crippen LogP contribution in [0.1, 0.15) is 5.56 Å². The first-order chi connectivity index (χ1) is 8.00. The zero-order valence-electron chi connectivity index (χ0n) is 9.33. The van der Waals surface area contributed by atoms with Crippen molar-refractivity contribution in [1.29, 1.82) is 0 Å². The monoisotopic (exact) mass is 235 g/mol. The first-order valence-electron chi connectivity index (χ1n) is 4.93. The molecule has 0 unspecified atom stereocenters. The third-order valence-electron chi connectivity index (χ3n) is 2.12. The number of aliphatic hydroxyl groups is 1. The Labute approximate surface area is 98.6 Å². The van der Waals surface area contributed by atoms with Crippen LogP contribution < -0.4 is 0 Å². The SMILES string of the molecule is CN(Cc1ccccc1)C(=O)C=C(O)C(=O)O. The van der Waals surface area contributed by atoms with E-state index >= 15 is 0 Å². The fourth-order valence-corrected chi connectivity index (χ4v) is 1.22. The molecule has 0 aliphatic heterocycles. The Bertz CT molecular complexity index is 439. The van der Waals surface area contributed by atoms with Crippen molar-refractivity contribution in [2.24, 2.45) is 0 Å². The standard InChI is InChI=1S/C12H13NO4/c1-13(8-9-5-3-2-4-6-9)11(15)7-10(14)12(16)17/h2-7,14H,8H2,1H3,(H,16,17). The molecule has 2 N–H and O–H groups in total. The summed E-state index contributed by atoms with van der Waals surface area (Å²) in [6.07, 6.45) is 0.686. The van der Waals surface area contributed by atoms with Crippen LogP contribution >= 0.6 is 0 Å². The molecule has 0 atom stereocenters. The van der Waals surface area contributed by atoms with Crippen molar-refractivity contribution in [3.8, 4) is 0 Å². The van der Waals surface area contributed by atoms with E-state index in [2.05, 4.69) is 0 Å². The van der Waals surface area contributed by atoms with Gasteiger partial charge in [0, 0.05) is 13.6 Å². The highest BCUT2D eigenvalue weighted by Gasteiger charge is 2.11. The Morgan fingerprint density at radius 2 is 1.82 bits per heavy atom. The molecular formula is C12H13NO4. The quantitative estimate of drug-likeness (QED) is 0.606. The second kappa shape index (κ2) is 5.69. The van der Waals surface area contributed by atoms with Crippen molar-refractivity contribution >= 4 is 11.9 Å². The summed E-state index contributed by atoms with van der Waals surface area (Å²) in [4.78, 5) is 23.1. The number of amides is 1. The van der Waals surface area contributed by atoms with Crippen LogP contribution in [0.4, 0.5) is 0 Å². The molecular weight excluding hydrogens is 222 g/mol. The van der Waals surface area contributed by atoms with Gasteiger partial charge in [0.15, 0.2) is 0 Å². The van der Waals surface area contributed by atoms with E-state index in [0.717, 1.165) is 5.56 Å². The number of carbonyl (C=O) groups excluding carboxylic acids is 1. The Morgan fingerprint density at radius 3 is 2.35 bits per heavy atom. The van der Waals surface area contributed by atoms with Crippen molar-refractivity contribution in [2.45, 2.75) is 6.54 Å². The number of carboxylic acids is 1. The van der Waals surface area contributed by atoms with E-state index in [4.69, 9.17) is 10.2 Å². The zero-order valence-corrected chi connectivity index (χ0v) is 9.33. The molecule has 0 spiro atoms. The maximum atomic E-state index is 11.5. The summed E-state index contributed by atoms with van der Waals surface area (Å²) in [5.74, 6) is -3.05. The highest BCUT2D eigenvalue weighted by Crippen LogP contribution is 2.03. The third kappa shape index (κ3) is 3.98. The van der Waals surface area contributed by atoms with Gasteiger partial charge in [-0.15, -0.1) is 0 Å². The smallest absolute Gasteiger partial charge is 0.371 e. The predicted molar refractivity (Wildman–Crippen MR) is 61.3 cm³/mol. The molecule has 0 aromatic heterocycles. The van der Waals surface area contributed by atoms with Crippen LogP contribution in [0.25, 0.3) is 0 Å². The lowest BCUT2D eigenvalue weighted by atomic mass is 10.2.